The average Bonchev–Trinajstić information content (AvgIpc) is 2.75. The molecule has 1 aromatic heterocycles. The second-order valence-electron chi connectivity index (χ2n) is 3.73. The van der Waals surface area contributed by atoms with E-state index in [0.29, 0.717) is 10.7 Å². The number of benzene rings is 1. The van der Waals surface area contributed by atoms with Crippen molar-refractivity contribution in [2.75, 3.05) is 5.75 Å². The molecule has 0 radical (unpaired) electrons. The van der Waals surface area contributed by atoms with Crippen LogP contribution in [0.2, 0.25) is 0 Å². The number of nitrogens with two attached hydrogens (primary N) is 1. The Bertz CT molecular complexity index is 597. The summed E-state index contributed by atoms with van der Waals surface area (Å²) in [6, 6.07) is 5.96. The average molecular weight is 294 g/mol. The lowest BCUT2D eigenvalue weighted by Crippen LogP contribution is -2.12. The van der Waals surface area contributed by atoms with Crippen molar-refractivity contribution in [1.82, 2.24) is 14.8 Å². The lowest BCUT2D eigenvalue weighted by molar-refractivity contribution is 0.437. The Morgan fingerprint density at radius 1 is 1.53 bits per heavy atom. The number of rotatable bonds is 5. The smallest absolute Gasteiger partial charge is 0.341 e. The van der Waals surface area contributed by atoms with Crippen LogP contribution >= 0.6 is 24.0 Å². The number of nitrogens with zero attached hydrogens (tertiary/aromatic N) is 3. The van der Waals surface area contributed by atoms with Crippen molar-refractivity contribution in [1.29, 1.82) is 0 Å². The molecule has 1 heterocycles. The van der Waals surface area contributed by atoms with Crippen LogP contribution < -0.4 is 10.5 Å². The SMILES string of the molecule is CCSc1cccc(Oc2ncn(C)n2)c1C(N)=S. The highest BCUT2D eigenvalue weighted by atomic mass is 32.2. The number of aromatic nitrogens is 3. The first kappa shape index (κ1) is 13.8. The summed E-state index contributed by atoms with van der Waals surface area (Å²) in [6.45, 7) is 2.07. The van der Waals surface area contributed by atoms with E-state index >= 15 is 0 Å². The maximum atomic E-state index is 5.80. The summed E-state index contributed by atoms with van der Waals surface area (Å²) in [5.41, 5.74) is 6.53. The molecular weight excluding hydrogens is 280 g/mol. The molecule has 2 aromatic rings. The van der Waals surface area contributed by atoms with Gasteiger partial charge >= 0.3 is 6.01 Å². The fourth-order valence-electron chi connectivity index (χ4n) is 1.58. The second-order valence-corrected chi connectivity index (χ2v) is 5.48. The third-order valence-corrected chi connectivity index (χ3v) is 3.46. The van der Waals surface area contributed by atoms with Crippen LogP contribution in [0, 0.1) is 0 Å². The molecule has 0 atom stereocenters. The monoisotopic (exact) mass is 294 g/mol. The standard InChI is InChI=1S/C12H14N4OS2/c1-3-19-9-6-4-5-8(10(9)11(13)18)17-12-14-7-16(2)15-12/h4-7H,3H2,1-2H3,(H2,13,18). The molecule has 5 nitrogen and oxygen atoms in total. The maximum Gasteiger partial charge on any atom is 0.341 e. The zero-order chi connectivity index (χ0) is 13.8. The summed E-state index contributed by atoms with van der Waals surface area (Å²) in [7, 11) is 1.78. The molecule has 7 heteroatoms. The van der Waals surface area contributed by atoms with Gasteiger partial charge in [-0.1, -0.05) is 25.2 Å². The predicted octanol–water partition coefficient (Wildman–Crippen LogP) is 2.35. The number of thioether (sulfide) groups is 1. The normalized spacial score (nSPS) is 10.4. The molecule has 0 fully saturated rings. The maximum absolute atomic E-state index is 5.80. The van der Waals surface area contributed by atoms with Gasteiger partial charge in [-0.2, -0.15) is 4.98 Å². The molecule has 0 unspecified atom stereocenters. The first-order valence-electron chi connectivity index (χ1n) is 5.71. The van der Waals surface area contributed by atoms with Gasteiger partial charge in [0.2, 0.25) is 0 Å². The van der Waals surface area contributed by atoms with Crippen LogP contribution in [0.5, 0.6) is 11.8 Å². The Morgan fingerprint density at radius 2 is 2.32 bits per heavy atom. The zero-order valence-corrected chi connectivity index (χ0v) is 12.3. The summed E-state index contributed by atoms with van der Waals surface area (Å²) >= 11 is 6.78. The first-order valence-corrected chi connectivity index (χ1v) is 7.10. The molecule has 0 spiro atoms. The minimum Gasteiger partial charge on any atom is -0.422 e. The summed E-state index contributed by atoms with van der Waals surface area (Å²) in [4.78, 5) is 5.34. The van der Waals surface area contributed by atoms with Crippen molar-refractivity contribution >= 4 is 29.0 Å². The van der Waals surface area contributed by atoms with Crippen LogP contribution in [0.1, 0.15) is 12.5 Å². The van der Waals surface area contributed by atoms with E-state index in [1.54, 1.807) is 29.8 Å². The summed E-state index contributed by atoms with van der Waals surface area (Å²) in [5, 5.41) is 4.07. The summed E-state index contributed by atoms with van der Waals surface area (Å²) in [5.74, 6) is 1.51. The molecule has 2 N–H and O–H groups in total. The molecule has 0 aliphatic rings. The summed E-state index contributed by atoms with van der Waals surface area (Å²) in [6.07, 6.45) is 1.57. The Labute approximate surface area is 121 Å². The fraction of sp³-hybridized carbons (Fsp3) is 0.250. The Hall–Kier alpha value is -1.60. The van der Waals surface area contributed by atoms with Crippen LogP contribution in [-0.2, 0) is 7.05 Å². The van der Waals surface area contributed by atoms with E-state index in [1.807, 2.05) is 18.2 Å². The predicted molar refractivity (Wildman–Crippen MR) is 79.8 cm³/mol. The second kappa shape index (κ2) is 6.03. The zero-order valence-electron chi connectivity index (χ0n) is 10.7. The third kappa shape index (κ3) is 3.24. The Morgan fingerprint density at radius 3 is 2.89 bits per heavy atom. The van der Waals surface area contributed by atoms with Crippen LogP contribution in [-0.4, -0.2) is 25.5 Å². The van der Waals surface area contributed by atoms with Crippen molar-refractivity contribution in [3.63, 3.8) is 0 Å². The largest absolute Gasteiger partial charge is 0.422 e. The number of aryl methyl sites for hydroxylation is 1. The molecule has 19 heavy (non-hydrogen) atoms. The fourth-order valence-corrected chi connectivity index (χ4v) is 2.70. The van der Waals surface area contributed by atoms with Gasteiger partial charge in [-0.05, 0) is 17.9 Å². The van der Waals surface area contributed by atoms with Gasteiger partial charge in [0, 0.05) is 11.9 Å². The molecule has 0 aliphatic heterocycles. The van der Waals surface area contributed by atoms with Gasteiger partial charge in [-0.3, -0.25) is 4.68 Å². The third-order valence-electron chi connectivity index (χ3n) is 2.31. The Kier molecular flexibility index (Phi) is 4.39. The van der Waals surface area contributed by atoms with Crippen LogP contribution in [0.25, 0.3) is 0 Å². The van der Waals surface area contributed by atoms with Gasteiger partial charge in [-0.15, -0.1) is 16.9 Å². The van der Waals surface area contributed by atoms with Crippen LogP contribution in [0.15, 0.2) is 29.4 Å². The van der Waals surface area contributed by atoms with E-state index in [9.17, 15) is 0 Å². The van der Waals surface area contributed by atoms with Crippen LogP contribution in [0.4, 0.5) is 0 Å². The van der Waals surface area contributed by atoms with E-state index in [-0.39, 0.29) is 6.01 Å². The van der Waals surface area contributed by atoms with E-state index in [1.165, 1.54) is 0 Å². The topological polar surface area (TPSA) is 66.0 Å². The molecule has 0 saturated carbocycles. The number of hydrogen-bond donors (Lipinski definition) is 1. The van der Waals surface area contributed by atoms with Gasteiger partial charge in [-0.25, -0.2) is 0 Å². The number of hydrogen-bond acceptors (Lipinski definition) is 5. The van der Waals surface area contributed by atoms with Gasteiger partial charge in [0.05, 0.1) is 5.56 Å². The van der Waals surface area contributed by atoms with Crippen LogP contribution in [0.3, 0.4) is 0 Å². The molecule has 0 saturated heterocycles. The highest BCUT2D eigenvalue weighted by Crippen LogP contribution is 2.31. The van der Waals surface area contributed by atoms with Crippen molar-refractivity contribution in [2.45, 2.75) is 11.8 Å². The lowest BCUT2D eigenvalue weighted by Gasteiger charge is -2.11. The molecule has 0 bridgehead atoms. The van der Waals surface area contributed by atoms with Crippen molar-refractivity contribution in [3.8, 4) is 11.8 Å². The lowest BCUT2D eigenvalue weighted by atomic mass is 10.2. The van der Waals surface area contributed by atoms with E-state index < -0.39 is 0 Å². The molecule has 1 aromatic carbocycles. The molecule has 100 valence electrons. The number of thiocarbonyl (C=S) groups is 1. The summed E-state index contributed by atoms with van der Waals surface area (Å²) < 4.78 is 7.22. The van der Waals surface area contributed by atoms with Crippen molar-refractivity contribution < 1.29 is 4.74 Å². The molecular formula is C12H14N4OS2. The first-order chi connectivity index (χ1) is 9.11. The van der Waals surface area contributed by atoms with Crippen molar-refractivity contribution in [3.05, 3.63) is 30.1 Å². The van der Waals surface area contributed by atoms with Gasteiger partial charge in [0.25, 0.3) is 0 Å². The highest BCUT2D eigenvalue weighted by Gasteiger charge is 2.14. The van der Waals surface area contributed by atoms with E-state index in [0.717, 1.165) is 16.2 Å². The Balaban J connectivity index is 2.38. The van der Waals surface area contributed by atoms with E-state index in [4.69, 9.17) is 22.7 Å². The van der Waals surface area contributed by atoms with Gasteiger partial charge in [0.15, 0.2) is 0 Å². The minimum atomic E-state index is 0.277. The van der Waals surface area contributed by atoms with Gasteiger partial charge < -0.3 is 10.5 Å². The van der Waals surface area contributed by atoms with E-state index in [2.05, 4.69) is 17.0 Å². The number of ether oxygens (including phenoxy) is 1. The quantitative estimate of drug-likeness (QED) is 0.674. The minimum absolute atomic E-state index is 0.277. The van der Waals surface area contributed by atoms with Gasteiger partial charge in [0.1, 0.15) is 17.1 Å². The molecule has 0 aliphatic carbocycles. The molecule has 0 amide bonds. The highest BCUT2D eigenvalue weighted by molar-refractivity contribution is 7.99. The molecule has 2 rings (SSSR count). The van der Waals surface area contributed by atoms with Crippen molar-refractivity contribution in [2.24, 2.45) is 12.8 Å².